The molecule has 0 aromatic heterocycles. The van der Waals surface area contributed by atoms with Crippen LogP contribution in [0.1, 0.15) is 43.1 Å². The highest BCUT2D eigenvalue weighted by Gasteiger charge is 2.21. The Bertz CT molecular complexity index is 639. The maximum absolute atomic E-state index is 12.1. The normalized spacial score (nSPS) is 13.3. The molecule has 0 fully saturated rings. The second-order valence-electron chi connectivity index (χ2n) is 5.36. The van der Waals surface area contributed by atoms with E-state index in [1.165, 1.54) is 19.1 Å². The highest BCUT2D eigenvalue weighted by molar-refractivity contribution is 8.13. The summed E-state index contributed by atoms with van der Waals surface area (Å²) in [7, 11) is 1.37. The number of carbonyl (C=O) groups excluding carboxylic acids is 1. The van der Waals surface area contributed by atoms with Crippen molar-refractivity contribution < 1.29 is 17.9 Å². The van der Waals surface area contributed by atoms with Crippen LogP contribution in [0.15, 0.2) is 17.0 Å². The minimum absolute atomic E-state index is 0.0698. The van der Waals surface area contributed by atoms with Gasteiger partial charge in [0, 0.05) is 15.7 Å². The van der Waals surface area contributed by atoms with Crippen molar-refractivity contribution in [2.75, 3.05) is 0 Å². The zero-order valence-corrected chi connectivity index (χ0v) is 14.6. The molecular formula is C14H18Cl2O4S. The van der Waals surface area contributed by atoms with Gasteiger partial charge in [-0.2, -0.15) is 0 Å². The molecule has 1 aromatic rings. The van der Waals surface area contributed by atoms with E-state index in [0.717, 1.165) is 0 Å². The molecule has 1 aromatic carbocycles. The Balaban J connectivity index is 3.09. The Hall–Kier alpha value is -0.780. The van der Waals surface area contributed by atoms with Gasteiger partial charge in [-0.05, 0) is 43.9 Å². The lowest BCUT2D eigenvalue weighted by atomic mass is 10.1. The SMILES string of the molecule is Cc1c(Cl)cc(C(=O)OC(C)CC(C)C)cc1S(=O)(=O)Cl. The first kappa shape index (κ1) is 18.3. The van der Waals surface area contributed by atoms with E-state index in [4.69, 9.17) is 27.0 Å². The van der Waals surface area contributed by atoms with Crippen LogP contribution in [-0.2, 0) is 13.8 Å². The number of rotatable bonds is 5. The van der Waals surface area contributed by atoms with Gasteiger partial charge in [-0.1, -0.05) is 25.4 Å². The molecule has 7 heteroatoms. The van der Waals surface area contributed by atoms with Gasteiger partial charge in [0.25, 0.3) is 9.05 Å². The smallest absolute Gasteiger partial charge is 0.338 e. The second-order valence-corrected chi connectivity index (χ2v) is 8.31. The van der Waals surface area contributed by atoms with Crippen LogP contribution in [0.5, 0.6) is 0 Å². The molecule has 21 heavy (non-hydrogen) atoms. The Labute approximate surface area is 134 Å². The fourth-order valence-electron chi connectivity index (χ4n) is 1.99. The second kappa shape index (κ2) is 6.99. The molecule has 1 unspecified atom stereocenters. The van der Waals surface area contributed by atoms with Crippen LogP contribution >= 0.6 is 22.3 Å². The van der Waals surface area contributed by atoms with E-state index in [-0.39, 0.29) is 21.6 Å². The summed E-state index contributed by atoms with van der Waals surface area (Å²) in [6, 6.07) is 2.57. The maximum Gasteiger partial charge on any atom is 0.338 e. The number of hydrogen-bond donors (Lipinski definition) is 0. The van der Waals surface area contributed by atoms with Crippen molar-refractivity contribution in [2.45, 2.75) is 45.1 Å². The first-order chi connectivity index (χ1) is 9.52. The number of hydrogen-bond acceptors (Lipinski definition) is 4. The third kappa shape index (κ3) is 5.16. The molecule has 1 atom stereocenters. The average Bonchev–Trinajstić information content (AvgIpc) is 2.29. The van der Waals surface area contributed by atoms with Crippen molar-refractivity contribution in [3.05, 3.63) is 28.3 Å². The highest BCUT2D eigenvalue weighted by atomic mass is 35.7. The fraction of sp³-hybridized carbons (Fsp3) is 0.500. The minimum atomic E-state index is -3.98. The number of carbonyl (C=O) groups is 1. The van der Waals surface area contributed by atoms with E-state index >= 15 is 0 Å². The van der Waals surface area contributed by atoms with Crippen molar-refractivity contribution in [1.29, 1.82) is 0 Å². The Kier molecular flexibility index (Phi) is 6.08. The summed E-state index contributed by atoms with van der Waals surface area (Å²) < 4.78 is 28.3. The van der Waals surface area contributed by atoms with E-state index in [1.54, 1.807) is 6.92 Å². The lowest BCUT2D eigenvalue weighted by Gasteiger charge is -2.16. The van der Waals surface area contributed by atoms with E-state index in [1.807, 2.05) is 13.8 Å². The van der Waals surface area contributed by atoms with Crippen molar-refractivity contribution >= 4 is 37.3 Å². The molecule has 118 valence electrons. The largest absolute Gasteiger partial charge is 0.459 e. The zero-order chi connectivity index (χ0) is 16.4. The number of ether oxygens (including phenoxy) is 1. The number of benzene rings is 1. The van der Waals surface area contributed by atoms with Gasteiger partial charge in [0.1, 0.15) is 0 Å². The number of halogens is 2. The first-order valence-corrected chi connectivity index (χ1v) is 9.17. The molecule has 0 aliphatic carbocycles. The van der Waals surface area contributed by atoms with Crippen molar-refractivity contribution in [3.8, 4) is 0 Å². The molecule has 0 bridgehead atoms. The molecule has 0 aliphatic heterocycles. The summed E-state index contributed by atoms with van der Waals surface area (Å²) in [6.07, 6.45) is 0.445. The molecule has 0 saturated carbocycles. The zero-order valence-electron chi connectivity index (χ0n) is 12.3. The molecule has 0 N–H and O–H groups in total. The first-order valence-electron chi connectivity index (χ1n) is 6.48. The van der Waals surface area contributed by atoms with Crippen LogP contribution in [0.3, 0.4) is 0 Å². The molecule has 1 rings (SSSR count). The Morgan fingerprint density at radius 2 is 1.86 bits per heavy atom. The van der Waals surface area contributed by atoms with Crippen LogP contribution in [0.2, 0.25) is 5.02 Å². The van der Waals surface area contributed by atoms with Crippen LogP contribution in [0, 0.1) is 12.8 Å². The maximum atomic E-state index is 12.1. The monoisotopic (exact) mass is 352 g/mol. The molecule has 0 saturated heterocycles. The quantitative estimate of drug-likeness (QED) is 0.589. The van der Waals surface area contributed by atoms with Gasteiger partial charge in [0.15, 0.2) is 0 Å². The lowest BCUT2D eigenvalue weighted by molar-refractivity contribution is 0.0299. The summed E-state index contributed by atoms with van der Waals surface area (Å²) >= 11 is 5.96. The van der Waals surface area contributed by atoms with Gasteiger partial charge < -0.3 is 4.74 Å². The van der Waals surface area contributed by atoms with Crippen LogP contribution in [0.25, 0.3) is 0 Å². The van der Waals surface area contributed by atoms with Crippen LogP contribution in [0.4, 0.5) is 0 Å². The van der Waals surface area contributed by atoms with E-state index in [0.29, 0.717) is 17.9 Å². The van der Waals surface area contributed by atoms with Gasteiger partial charge in [-0.25, -0.2) is 13.2 Å². The average molecular weight is 353 g/mol. The standard InChI is InChI=1S/C14H18Cl2O4S/c1-8(2)5-9(3)20-14(17)11-6-12(15)10(4)13(7-11)21(16,18)19/h6-9H,5H2,1-4H3. The van der Waals surface area contributed by atoms with Gasteiger partial charge in [0.2, 0.25) is 0 Å². The predicted octanol–water partition coefficient (Wildman–Crippen LogP) is 4.17. The lowest BCUT2D eigenvalue weighted by Crippen LogP contribution is -2.17. The topological polar surface area (TPSA) is 60.4 Å². The summed E-state index contributed by atoms with van der Waals surface area (Å²) in [5.74, 6) is -0.236. The third-order valence-electron chi connectivity index (χ3n) is 2.91. The Morgan fingerprint density at radius 1 is 1.29 bits per heavy atom. The molecule has 4 nitrogen and oxygen atoms in total. The summed E-state index contributed by atoms with van der Waals surface area (Å²) in [6.45, 7) is 7.34. The van der Waals surface area contributed by atoms with Crippen LogP contribution < -0.4 is 0 Å². The van der Waals surface area contributed by atoms with Gasteiger partial charge >= 0.3 is 5.97 Å². The molecule has 0 heterocycles. The fourth-order valence-corrected chi connectivity index (χ4v) is 3.49. The van der Waals surface area contributed by atoms with E-state index < -0.39 is 15.0 Å². The van der Waals surface area contributed by atoms with Crippen molar-refractivity contribution in [3.63, 3.8) is 0 Å². The highest BCUT2D eigenvalue weighted by Crippen LogP contribution is 2.28. The third-order valence-corrected chi connectivity index (χ3v) is 4.75. The molecule has 0 amide bonds. The van der Waals surface area contributed by atoms with Gasteiger partial charge in [-0.3, -0.25) is 0 Å². The minimum Gasteiger partial charge on any atom is -0.459 e. The molecule has 0 radical (unpaired) electrons. The summed E-state index contributed by atoms with van der Waals surface area (Å²) in [4.78, 5) is 11.9. The summed E-state index contributed by atoms with van der Waals surface area (Å²) in [5, 5.41) is 0.153. The van der Waals surface area contributed by atoms with Crippen molar-refractivity contribution in [2.24, 2.45) is 5.92 Å². The van der Waals surface area contributed by atoms with Gasteiger partial charge in [0.05, 0.1) is 16.6 Å². The van der Waals surface area contributed by atoms with E-state index in [2.05, 4.69) is 0 Å². The molecular weight excluding hydrogens is 335 g/mol. The molecule has 0 spiro atoms. The van der Waals surface area contributed by atoms with Crippen molar-refractivity contribution in [1.82, 2.24) is 0 Å². The van der Waals surface area contributed by atoms with Crippen LogP contribution in [-0.4, -0.2) is 20.5 Å². The summed E-state index contributed by atoms with van der Waals surface area (Å²) in [5.41, 5.74) is 0.374. The molecule has 0 aliphatic rings. The van der Waals surface area contributed by atoms with Gasteiger partial charge in [-0.15, -0.1) is 0 Å². The van der Waals surface area contributed by atoms with E-state index in [9.17, 15) is 13.2 Å². The predicted molar refractivity (Wildman–Crippen MR) is 83.6 cm³/mol. The number of esters is 1. The Morgan fingerprint density at radius 3 is 2.33 bits per heavy atom.